The molecule has 9 heteroatoms. The van der Waals surface area contributed by atoms with Crippen LogP contribution in [0.4, 0.5) is 0 Å². The fraction of sp³-hybridized carbons (Fsp3) is 0.136. The third-order valence-corrected chi connectivity index (χ3v) is 5.66. The molecular weight excluding hydrogens is 457 g/mol. The molecule has 2 aromatic carbocycles. The maximum atomic E-state index is 12.2. The molecule has 1 aromatic heterocycles. The molecule has 1 heterocycles. The van der Waals surface area contributed by atoms with Crippen molar-refractivity contribution in [2.75, 3.05) is 14.2 Å². The highest BCUT2D eigenvalue weighted by Crippen LogP contribution is 2.30. The molecule has 6 nitrogen and oxygen atoms in total. The number of aromatic nitrogens is 1. The van der Waals surface area contributed by atoms with Gasteiger partial charge >= 0.3 is 0 Å². The van der Waals surface area contributed by atoms with Gasteiger partial charge in [-0.3, -0.25) is 4.79 Å². The van der Waals surface area contributed by atoms with Gasteiger partial charge in [0.25, 0.3) is 5.91 Å². The summed E-state index contributed by atoms with van der Waals surface area (Å²) in [6.07, 6.45) is 1.72. The highest BCUT2D eigenvalue weighted by atomic mass is 35.5. The number of hydrogen-bond donors (Lipinski definition) is 1. The van der Waals surface area contributed by atoms with E-state index in [0.717, 1.165) is 9.79 Å². The van der Waals surface area contributed by atoms with E-state index in [4.69, 9.17) is 32.8 Å². The number of hydrogen-bond acceptors (Lipinski definition) is 6. The topological polar surface area (TPSA) is 72.8 Å². The molecule has 3 rings (SSSR count). The second-order valence-electron chi connectivity index (χ2n) is 6.15. The quantitative estimate of drug-likeness (QED) is 0.357. The summed E-state index contributed by atoms with van der Waals surface area (Å²) in [5.41, 5.74) is 1.22. The number of benzene rings is 2. The second kappa shape index (κ2) is 11.0. The minimum atomic E-state index is -0.397. The van der Waals surface area contributed by atoms with Crippen LogP contribution in [-0.2, 0) is 16.2 Å². The Balaban J connectivity index is 1.75. The zero-order valence-corrected chi connectivity index (χ0v) is 19.1. The SMILES string of the molecule is CNC(=O)C(=NOC)c1cccc(Cl)c1COc1ccc(Sc2cccc(Cl)c2)cn1. The van der Waals surface area contributed by atoms with Crippen molar-refractivity contribution in [2.24, 2.45) is 5.16 Å². The largest absolute Gasteiger partial charge is 0.473 e. The molecule has 1 N–H and O–H groups in total. The smallest absolute Gasteiger partial charge is 0.273 e. The van der Waals surface area contributed by atoms with Crippen LogP contribution in [0.15, 0.2) is 75.7 Å². The van der Waals surface area contributed by atoms with Gasteiger partial charge in [0.05, 0.1) is 0 Å². The summed E-state index contributed by atoms with van der Waals surface area (Å²) in [7, 11) is 2.89. The standard InChI is InChI=1S/C22H19Cl2N3O3S/c1-25-22(28)21(27-29-2)17-7-4-8-19(24)18(17)13-30-20-10-9-16(12-26-20)31-15-6-3-5-14(23)11-15/h3-12H,13H2,1-2H3,(H,25,28). The van der Waals surface area contributed by atoms with Crippen molar-refractivity contribution in [1.29, 1.82) is 0 Å². The second-order valence-corrected chi connectivity index (χ2v) is 8.14. The monoisotopic (exact) mass is 475 g/mol. The van der Waals surface area contributed by atoms with Crippen molar-refractivity contribution in [1.82, 2.24) is 10.3 Å². The van der Waals surface area contributed by atoms with E-state index in [1.165, 1.54) is 14.2 Å². The maximum absolute atomic E-state index is 12.2. The van der Waals surface area contributed by atoms with Gasteiger partial charge in [-0.15, -0.1) is 0 Å². The lowest BCUT2D eigenvalue weighted by atomic mass is 10.0. The Hall–Kier alpha value is -2.74. The summed E-state index contributed by atoms with van der Waals surface area (Å²) in [6, 6.07) is 16.5. The van der Waals surface area contributed by atoms with Gasteiger partial charge in [-0.05, 0) is 30.3 Å². The van der Waals surface area contributed by atoms with Gasteiger partial charge in [0.1, 0.15) is 13.7 Å². The number of nitrogens with one attached hydrogen (secondary N) is 1. The normalized spacial score (nSPS) is 11.2. The number of likely N-dealkylation sites (N-methyl/N-ethyl adjacent to an activating group) is 1. The molecule has 3 aromatic rings. The highest BCUT2D eigenvalue weighted by Gasteiger charge is 2.20. The lowest BCUT2D eigenvalue weighted by Crippen LogP contribution is -2.29. The molecule has 0 aliphatic carbocycles. The summed E-state index contributed by atoms with van der Waals surface area (Å²) < 4.78 is 5.83. The van der Waals surface area contributed by atoms with E-state index in [9.17, 15) is 4.79 Å². The van der Waals surface area contributed by atoms with E-state index in [1.54, 1.807) is 42.2 Å². The number of amides is 1. The van der Waals surface area contributed by atoms with Crippen LogP contribution in [0.2, 0.25) is 10.0 Å². The van der Waals surface area contributed by atoms with E-state index in [2.05, 4.69) is 15.5 Å². The molecule has 0 aliphatic heterocycles. The molecule has 0 fully saturated rings. The van der Waals surface area contributed by atoms with Crippen LogP contribution >= 0.6 is 35.0 Å². The van der Waals surface area contributed by atoms with Crippen molar-refractivity contribution in [2.45, 2.75) is 16.4 Å². The third-order valence-electron chi connectivity index (χ3n) is 4.10. The number of rotatable bonds is 8. The van der Waals surface area contributed by atoms with Crippen molar-refractivity contribution < 1.29 is 14.4 Å². The zero-order chi connectivity index (χ0) is 22.2. The fourth-order valence-corrected chi connectivity index (χ4v) is 4.01. The lowest BCUT2D eigenvalue weighted by Gasteiger charge is -2.13. The highest BCUT2D eigenvalue weighted by molar-refractivity contribution is 7.99. The maximum Gasteiger partial charge on any atom is 0.273 e. The number of carbonyl (C=O) groups is 1. The van der Waals surface area contributed by atoms with E-state index >= 15 is 0 Å². The van der Waals surface area contributed by atoms with Crippen LogP contribution in [0.25, 0.3) is 0 Å². The van der Waals surface area contributed by atoms with Crippen LogP contribution in [0.3, 0.4) is 0 Å². The Labute approximate surface area is 194 Å². The molecule has 0 bridgehead atoms. The molecule has 0 atom stereocenters. The lowest BCUT2D eigenvalue weighted by molar-refractivity contribution is -0.114. The van der Waals surface area contributed by atoms with Crippen LogP contribution in [0, 0.1) is 0 Å². The third kappa shape index (κ3) is 6.13. The minimum Gasteiger partial charge on any atom is -0.473 e. The molecule has 1 amide bonds. The number of halogens is 2. The molecule has 160 valence electrons. The van der Waals surface area contributed by atoms with Crippen LogP contribution < -0.4 is 10.1 Å². The zero-order valence-electron chi connectivity index (χ0n) is 16.8. The predicted molar refractivity (Wildman–Crippen MR) is 123 cm³/mol. The molecule has 0 spiro atoms. The van der Waals surface area contributed by atoms with Crippen LogP contribution in [-0.4, -0.2) is 30.8 Å². The Bertz CT molecular complexity index is 1090. The van der Waals surface area contributed by atoms with E-state index in [-0.39, 0.29) is 12.3 Å². The summed E-state index contributed by atoms with van der Waals surface area (Å²) in [5, 5.41) is 7.51. The fourth-order valence-electron chi connectivity index (χ4n) is 2.68. The van der Waals surface area contributed by atoms with Crippen LogP contribution in [0.1, 0.15) is 11.1 Å². The number of oxime groups is 1. The number of ether oxygens (including phenoxy) is 1. The average Bonchev–Trinajstić information content (AvgIpc) is 2.77. The van der Waals surface area contributed by atoms with Gasteiger partial charge in [-0.1, -0.05) is 58.3 Å². The van der Waals surface area contributed by atoms with Crippen molar-refractivity contribution in [3.8, 4) is 5.88 Å². The van der Waals surface area contributed by atoms with Crippen molar-refractivity contribution >= 4 is 46.6 Å². The van der Waals surface area contributed by atoms with Gasteiger partial charge < -0.3 is 14.9 Å². The Morgan fingerprint density at radius 2 is 1.94 bits per heavy atom. The Morgan fingerprint density at radius 3 is 2.61 bits per heavy atom. The predicted octanol–water partition coefficient (Wildman–Crippen LogP) is 5.22. The number of nitrogens with zero attached hydrogens (tertiary/aromatic N) is 2. The van der Waals surface area contributed by atoms with Gasteiger partial charge in [0, 0.05) is 50.3 Å². The number of pyridine rings is 1. The van der Waals surface area contributed by atoms with E-state index < -0.39 is 5.91 Å². The molecule has 0 saturated heterocycles. The van der Waals surface area contributed by atoms with Crippen LogP contribution in [0.5, 0.6) is 5.88 Å². The average molecular weight is 476 g/mol. The first-order chi connectivity index (χ1) is 15.0. The molecule has 0 unspecified atom stereocenters. The van der Waals surface area contributed by atoms with Gasteiger partial charge in [0.15, 0.2) is 5.71 Å². The summed E-state index contributed by atoms with van der Waals surface area (Å²) in [5.74, 6) is 0.0253. The molecule has 31 heavy (non-hydrogen) atoms. The molecule has 0 saturated carbocycles. The number of carbonyl (C=O) groups excluding carboxylic acids is 1. The van der Waals surface area contributed by atoms with Gasteiger partial charge in [-0.25, -0.2) is 4.98 Å². The minimum absolute atomic E-state index is 0.0997. The summed E-state index contributed by atoms with van der Waals surface area (Å²) >= 11 is 14.0. The molecule has 0 radical (unpaired) electrons. The Kier molecular flexibility index (Phi) is 8.17. The molecular formula is C22H19Cl2N3O3S. The Morgan fingerprint density at radius 1 is 1.13 bits per heavy atom. The first-order valence-corrected chi connectivity index (χ1v) is 10.7. The first kappa shape index (κ1) is 22.9. The van der Waals surface area contributed by atoms with E-state index in [1.807, 2.05) is 30.3 Å². The van der Waals surface area contributed by atoms with Gasteiger partial charge in [0.2, 0.25) is 5.88 Å². The summed E-state index contributed by atoms with van der Waals surface area (Å²) in [4.78, 5) is 23.4. The molecule has 0 aliphatic rings. The first-order valence-electron chi connectivity index (χ1n) is 9.15. The summed E-state index contributed by atoms with van der Waals surface area (Å²) in [6.45, 7) is 0.0997. The van der Waals surface area contributed by atoms with Crippen molar-refractivity contribution in [3.05, 3.63) is 82.0 Å². The van der Waals surface area contributed by atoms with Crippen molar-refractivity contribution in [3.63, 3.8) is 0 Å². The van der Waals surface area contributed by atoms with Gasteiger partial charge in [-0.2, -0.15) is 0 Å². The van der Waals surface area contributed by atoms with E-state index in [0.29, 0.717) is 27.1 Å².